The van der Waals surface area contributed by atoms with E-state index in [4.69, 9.17) is 9.31 Å². The fraction of sp³-hybridized carbons (Fsp3) is 0.857. The van der Waals surface area contributed by atoms with Gasteiger partial charge in [0.25, 0.3) is 0 Å². The second kappa shape index (κ2) is 5.58. The summed E-state index contributed by atoms with van der Waals surface area (Å²) in [7, 11) is -0.151. The first kappa shape index (κ1) is 14.8. The van der Waals surface area contributed by atoms with Crippen LogP contribution in [-0.2, 0) is 9.31 Å². The van der Waals surface area contributed by atoms with E-state index in [9.17, 15) is 0 Å². The Kier molecular flexibility index (Phi) is 4.85. The summed E-state index contributed by atoms with van der Waals surface area (Å²) in [6.45, 7) is 12.8. The summed E-state index contributed by atoms with van der Waals surface area (Å²) in [5.41, 5.74) is 0.838. The number of hydrogen-bond acceptors (Lipinski definition) is 2. The zero-order valence-electron chi connectivity index (χ0n) is 12.3. The number of rotatable bonds is 5. The van der Waals surface area contributed by atoms with Gasteiger partial charge in [0.2, 0.25) is 0 Å². The third-order valence-corrected chi connectivity index (χ3v) is 3.93. The Morgan fingerprint density at radius 3 is 2.00 bits per heavy atom. The van der Waals surface area contributed by atoms with Gasteiger partial charge < -0.3 is 9.31 Å². The van der Waals surface area contributed by atoms with Crippen molar-refractivity contribution in [3.63, 3.8) is 0 Å². The monoisotopic (exact) mass is 238 g/mol. The summed E-state index contributed by atoms with van der Waals surface area (Å²) < 4.78 is 12.1. The third-order valence-electron chi connectivity index (χ3n) is 3.93. The lowest BCUT2D eigenvalue weighted by atomic mass is 9.76. The Balaban J connectivity index is 2.70. The van der Waals surface area contributed by atoms with E-state index in [1.54, 1.807) is 0 Å². The lowest BCUT2D eigenvalue weighted by Gasteiger charge is -2.32. The Morgan fingerprint density at radius 1 is 1.06 bits per heavy atom. The Hall–Kier alpha value is -0.275. The molecule has 1 fully saturated rings. The highest BCUT2D eigenvalue weighted by atomic mass is 16.7. The zero-order chi connectivity index (χ0) is 13.1. The van der Waals surface area contributed by atoms with Crippen LogP contribution in [0.3, 0.4) is 0 Å². The van der Waals surface area contributed by atoms with Crippen molar-refractivity contribution in [2.75, 3.05) is 0 Å². The second-order valence-electron chi connectivity index (χ2n) is 5.86. The minimum absolute atomic E-state index is 0.151. The fourth-order valence-corrected chi connectivity index (χ4v) is 1.89. The van der Waals surface area contributed by atoms with Crippen molar-refractivity contribution in [2.24, 2.45) is 0 Å². The van der Waals surface area contributed by atoms with Crippen molar-refractivity contribution < 1.29 is 9.31 Å². The normalized spacial score (nSPS) is 23.2. The van der Waals surface area contributed by atoms with Crippen LogP contribution in [0.5, 0.6) is 0 Å². The van der Waals surface area contributed by atoms with Gasteiger partial charge in [-0.1, -0.05) is 32.8 Å². The molecule has 1 saturated heterocycles. The molecule has 0 aromatic rings. The molecule has 0 unspecified atom stereocenters. The van der Waals surface area contributed by atoms with E-state index >= 15 is 0 Å². The maximum Gasteiger partial charge on any atom is 0.490 e. The van der Waals surface area contributed by atoms with Crippen molar-refractivity contribution in [2.45, 2.75) is 78.4 Å². The van der Waals surface area contributed by atoms with Gasteiger partial charge >= 0.3 is 7.12 Å². The van der Waals surface area contributed by atoms with Gasteiger partial charge in [0.15, 0.2) is 0 Å². The SMILES string of the molecule is CCCCC=C(CC)B1OC(C)(C)C(C)(C)O1. The van der Waals surface area contributed by atoms with Gasteiger partial charge in [0.05, 0.1) is 11.2 Å². The predicted octanol–water partition coefficient (Wildman–Crippen LogP) is 4.14. The summed E-state index contributed by atoms with van der Waals surface area (Å²) >= 11 is 0. The van der Waals surface area contributed by atoms with E-state index in [1.807, 2.05) is 0 Å². The van der Waals surface area contributed by atoms with Crippen LogP contribution in [0, 0.1) is 0 Å². The van der Waals surface area contributed by atoms with Gasteiger partial charge in [0, 0.05) is 0 Å². The highest BCUT2D eigenvalue weighted by Gasteiger charge is 2.51. The molecule has 1 rings (SSSR count). The molecule has 3 heteroatoms. The average molecular weight is 238 g/mol. The molecule has 1 aliphatic heterocycles. The Morgan fingerprint density at radius 2 is 1.59 bits per heavy atom. The zero-order valence-corrected chi connectivity index (χ0v) is 12.3. The lowest BCUT2D eigenvalue weighted by Crippen LogP contribution is -2.41. The first-order valence-electron chi connectivity index (χ1n) is 6.88. The summed E-state index contributed by atoms with van der Waals surface area (Å²) in [5.74, 6) is 0. The molecule has 0 aromatic heterocycles. The standard InChI is InChI=1S/C14H27BO2/c1-7-9-10-11-12(8-2)15-16-13(3,4)14(5,6)17-15/h11H,7-10H2,1-6H3. The van der Waals surface area contributed by atoms with Crippen molar-refractivity contribution in [1.29, 1.82) is 0 Å². The Labute approximate surface area is 107 Å². The third kappa shape index (κ3) is 3.35. The van der Waals surface area contributed by atoms with Gasteiger partial charge in [-0.05, 0) is 46.0 Å². The number of unbranched alkanes of at least 4 members (excludes halogenated alkanes) is 2. The molecular weight excluding hydrogens is 211 g/mol. The van der Waals surface area contributed by atoms with E-state index in [0.717, 1.165) is 12.8 Å². The average Bonchev–Trinajstić information content (AvgIpc) is 2.43. The van der Waals surface area contributed by atoms with Crippen molar-refractivity contribution in [3.8, 4) is 0 Å². The van der Waals surface area contributed by atoms with Gasteiger partial charge in [-0.25, -0.2) is 0 Å². The first-order valence-corrected chi connectivity index (χ1v) is 6.88. The molecule has 1 aliphatic rings. The lowest BCUT2D eigenvalue weighted by molar-refractivity contribution is 0.00578. The van der Waals surface area contributed by atoms with Crippen LogP contribution in [0.25, 0.3) is 0 Å². The highest BCUT2D eigenvalue weighted by molar-refractivity contribution is 6.54. The van der Waals surface area contributed by atoms with Crippen LogP contribution < -0.4 is 0 Å². The van der Waals surface area contributed by atoms with E-state index in [-0.39, 0.29) is 18.3 Å². The van der Waals surface area contributed by atoms with Gasteiger partial charge in [-0.15, -0.1) is 0 Å². The summed E-state index contributed by atoms with van der Waals surface area (Å²) in [5, 5.41) is 0. The van der Waals surface area contributed by atoms with Crippen LogP contribution in [0.15, 0.2) is 11.5 Å². The molecule has 0 aliphatic carbocycles. The molecule has 0 spiro atoms. The number of allylic oxidation sites excluding steroid dienone is 2. The summed E-state index contributed by atoms with van der Waals surface area (Å²) in [6, 6.07) is 0. The molecule has 0 radical (unpaired) electrons. The minimum atomic E-state index is -0.226. The van der Waals surface area contributed by atoms with Crippen LogP contribution in [0.1, 0.15) is 67.2 Å². The molecule has 0 saturated carbocycles. The smallest absolute Gasteiger partial charge is 0.400 e. The van der Waals surface area contributed by atoms with Gasteiger partial charge in [-0.3, -0.25) is 0 Å². The Bertz CT molecular complexity index is 266. The molecule has 98 valence electrons. The van der Waals surface area contributed by atoms with Gasteiger partial charge in [0.1, 0.15) is 0 Å². The predicted molar refractivity (Wildman–Crippen MR) is 74.0 cm³/mol. The van der Waals surface area contributed by atoms with E-state index in [0.29, 0.717) is 0 Å². The molecule has 2 nitrogen and oxygen atoms in total. The maximum atomic E-state index is 6.06. The molecular formula is C14H27BO2. The van der Waals surface area contributed by atoms with Crippen molar-refractivity contribution in [3.05, 3.63) is 11.5 Å². The summed E-state index contributed by atoms with van der Waals surface area (Å²) in [6.07, 6.45) is 6.90. The topological polar surface area (TPSA) is 18.5 Å². The second-order valence-corrected chi connectivity index (χ2v) is 5.86. The molecule has 0 atom stereocenters. The number of hydrogen-bond donors (Lipinski definition) is 0. The highest BCUT2D eigenvalue weighted by Crippen LogP contribution is 2.39. The van der Waals surface area contributed by atoms with Crippen LogP contribution in [0.4, 0.5) is 0 Å². The van der Waals surface area contributed by atoms with E-state index in [2.05, 4.69) is 47.6 Å². The quantitative estimate of drug-likeness (QED) is 0.529. The molecule has 0 bridgehead atoms. The maximum absolute atomic E-state index is 6.06. The summed E-state index contributed by atoms with van der Waals surface area (Å²) in [4.78, 5) is 0. The van der Waals surface area contributed by atoms with E-state index < -0.39 is 0 Å². The largest absolute Gasteiger partial charge is 0.490 e. The molecule has 0 amide bonds. The first-order chi connectivity index (χ1) is 7.84. The van der Waals surface area contributed by atoms with Crippen molar-refractivity contribution in [1.82, 2.24) is 0 Å². The fourth-order valence-electron chi connectivity index (χ4n) is 1.89. The molecule has 1 heterocycles. The van der Waals surface area contributed by atoms with Crippen LogP contribution in [-0.4, -0.2) is 18.3 Å². The van der Waals surface area contributed by atoms with Gasteiger partial charge in [-0.2, -0.15) is 0 Å². The minimum Gasteiger partial charge on any atom is -0.400 e. The molecule has 0 N–H and O–H groups in total. The molecule has 0 aromatic carbocycles. The molecule has 17 heavy (non-hydrogen) atoms. The van der Waals surface area contributed by atoms with Crippen molar-refractivity contribution >= 4 is 7.12 Å². The van der Waals surface area contributed by atoms with Crippen LogP contribution >= 0.6 is 0 Å². The van der Waals surface area contributed by atoms with E-state index in [1.165, 1.54) is 18.3 Å². The van der Waals surface area contributed by atoms with Crippen LogP contribution in [0.2, 0.25) is 0 Å².